The van der Waals surface area contributed by atoms with E-state index in [4.69, 9.17) is 13.9 Å². The molecule has 1 aliphatic heterocycles. The molecule has 120 valence electrons. The first-order valence-electron chi connectivity index (χ1n) is 8.04. The molecule has 0 fully saturated rings. The maximum absolute atomic E-state index is 12.4. The highest BCUT2D eigenvalue weighted by Gasteiger charge is 2.24. The van der Waals surface area contributed by atoms with E-state index >= 15 is 0 Å². The number of furan rings is 1. The smallest absolute Gasteiger partial charge is 0.224 e. The van der Waals surface area contributed by atoms with Crippen molar-refractivity contribution in [3.63, 3.8) is 0 Å². The summed E-state index contributed by atoms with van der Waals surface area (Å²) in [7, 11) is 0. The number of hydrogen-bond acceptors (Lipinski definition) is 4. The molecule has 5 nitrogen and oxygen atoms in total. The molecule has 5 heteroatoms. The minimum Gasteiger partial charge on any atom is -0.486 e. The fourth-order valence-corrected chi connectivity index (χ4v) is 3.26. The second kappa shape index (κ2) is 5.99. The highest BCUT2D eigenvalue weighted by Crippen LogP contribution is 2.32. The molecule has 0 radical (unpaired) electrons. The summed E-state index contributed by atoms with van der Waals surface area (Å²) in [5.41, 5.74) is 2.04. The van der Waals surface area contributed by atoms with Crippen molar-refractivity contribution in [3.05, 3.63) is 47.4 Å². The minimum atomic E-state index is 0.0146. The van der Waals surface area contributed by atoms with Crippen molar-refractivity contribution >= 4 is 5.91 Å². The molecular weight excluding hydrogens is 294 g/mol. The topological polar surface area (TPSA) is 60.7 Å². The molecule has 1 amide bonds. The Balaban J connectivity index is 1.43. The third kappa shape index (κ3) is 2.91. The Labute approximate surface area is 134 Å². The fraction of sp³-hybridized carbons (Fsp3) is 0.389. The quantitative estimate of drug-likeness (QED) is 0.946. The van der Waals surface area contributed by atoms with Crippen LogP contribution >= 0.6 is 0 Å². The number of carbonyl (C=O) groups excluding carboxylic acids is 1. The Morgan fingerprint density at radius 2 is 2.04 bits per heavy atom. The normalized spacial score (nSPS) is 19.0. The monoisotopic (exact) mass is 313 g/mol. The molecule has 1 atom stereocenters. The summed E-state index contributed by atoms with van der Waals surface area (Å²) in [4.78, 5) is 12.4. The molecule has 0 saturated heterocycles. The molecule has 1 aliphatic carbocycles. The van der Waals surface area contributed by atoms with Crippen LogP contribution in [0.2, 0.25) is 0 Å². The van der Waals surface area contributed by atoms with Crippen LogP contribution in [-0.2, 0) is 17.6 Å². The Morgan fingerprint density at radius 1 is 1.17 bits per heavy atom. The van der Waals surface area contributed by atoms with Crippen molar-refractivity contribution in [1.29, 1.82) is 0 Å². The zero-order valence-electron chi connectivity index (χ0n) is 12.8. The number of aryl methyl sites for hydroxylation is 1. The molecule has 4 rings (SSSR count). The van der Waals surface area contributed by atoms with E-state index in [1.807, 2.05) is 24.3 Å². The Morgan fingerprint density at radius 3 is 2.96 bits per heavy atom. The summed E-state index contributed by atoms with van der Waals surface area (Å²) < 4.78 is 16.5. The summed E-state index contributed by atoms with van der Waals surface area (Å²) in [6.45, 7) is 1.12. The molecule has 0 bridgehead atoms. The molecule has 1 N–H and O–H groups in total. The van der Waals surface area contributed by atoms with Crippen molar-refractivity contribution in [2.75, 3.05) is 13.2 Å². The molecule has 0 saturated carbocycles. The molecule has 1 unspecified atom stereocenters. The van der Waals surface area contributed by atoms with Crippen LogP contribution in [0, 0.1) is 0 Å². The van der Waals surface area contributed by atoms with Gasteiger partial charge in [0.2, 0.25) is 5.91 Å². The van der Waals surface area contributed by atoms with Gasteiger partial charge in [0.1, 0.15) is 19.0 Å². The molecule has 1 aromatic carbocycles. The summed E-state index contributed by atoms with van der Waals surface area (Å²) in [5.74, 6) is 2.48. The first-order valence-corrected chi connectivity index (χ1v) is 8.04. The number of ether oxygens (including phenoxy) is 2. The SMILES string of the molecule is O=C(Cc1ccc2c(c1)OCCO2)NC1CCCc2occc21. The number of benzene rings is 1. The van der Waals surface area contributed by atoms with Crippen LogP contribution < -0.4 is 14.8 Å². The molecule has 2 aliphatic rings. The van der Waals surface area contributed by atoms with E-state index in [0.29, 0.717) is 19.6 Å². The van der Waals surface area contributed by atoms with Gasteiger partial charge in [0.15, 0.2) is 11.5 Å². The summed E-state index contributed by atoms with van der Waals surface area (Å²) in [5, 5.41) is 3.12. The van der Waals surface area contributed by atoms with Crippen LogP contribution in [-0.4, -0.2) is 19.1 Å². The van der Waals surface area contributed by atoms with Crippen molar-refractivity contribution in [2.24, 2.45) is 0 Å². The van der Waals surface area contributed by atoms with Gasteiger partial charge in [0, 0.05) is 12.0 Å². The lowest BCUT2D eigenvalue weighted by Crippen LogP contribution is -2.31. The van der Waals surface area contributed by atoms with Gasteiger partial charge in [0.05, 0.1) is 18.7 Å². The summed E-state index contributed by atoms with van der Waals surface area (Å²) >= 11 is 0. The van der Waals surface area contributed by atoms with Gasteiger partial charge in [-0.15, -0.1) is 0 Å². The van der Waals surface area contributed by atoms with Gasteiger partial charge in [-0.3, -0.25) is 4.79 Å². The van der Waals surface area contributed by atoms with E-state index < -0.39 is 0 Å². The first kappa shape index (κ1) is 14.2. The molecule has 2 aromatic rings. The average molecular weight is 313 g/mol. The van der Waals surface area contributed by atoms with Crippen molar-refractivity contribution < 1.29 is 18.7 Å². The van der Waals surface area contributed by atoms with Crippen LogP contribution in [0.1, 0.15) is 35.8 Å². The second-order valence-corrected chi connectivity index (χ2v) is 5.97. The zero-order valence-corrected chi connectivity index (χ0v) is 12.8. The van der Waals surface area contributed by atoms with Crippen LogP contribution in [0.5, 0.6) is 11.5 Å². The maximum Gasteiger partial charge on any atom is 0.224 e. The number of nitrogens with one attached hydrogen (secondary N) is 1. The van der Waals surface area contributed by atoms with E-state index in [1.165, 1.54) is 0 Å². The van der Waals surface area contributed by atoms with Gasteiger partial charge in [0.25, 0.3) is 0 Å². The highest BCUT2D eigenvalue weighted by atomic mass is 16.6. The van der Waals surface area contributed by atoms with Crippen molar-refractivity contribution in [3.8, 4) is 11.5 Å². The highest BCUT2D eigenvalue weighted by molar-refractivity contribution is 5.79. The fourth-order valence-electron chi connectivity index (χ4n) is 3.26. The van der Waals surface area contributed by atoms with Gasteiger partial charge in [-0.05, 0) is 36.6 Å². The van der Waals surface area contributed by atoms with Crippen molar-refractivity contribution in [1.82, 2.24) is 5.32 Å². The maximum atomic E-state index is 12.4. The minimum absolute atomic E-state index is 0.0146. The second-order valence-electron chi connectivity index (χ2n) is 5.97. The van der Waals surface area contributed by atoms with Gasteiger partial charge in [-0.2, -0.15) is 0 Å². The van der Waals surface area contributed by atoms with Gasteiger partial charge < -0.3 is 19.2 Å². The van der Waals surface area contributed by atoms with E-state index in [1.54, 1.807) is 6.26 Å². The molecule has 2 heterocycles. The van der Waals surface area contributed by atoms with E-state index in [-0.39, 0.29) is 11.9 Å². The third-order valence-electron chi connectivity index (χ3n) is 4.36. The van der Waals surface area contributed by atoms with Gasteiger partial charge in [-0.25, -0.2) is 0 Å². The van der Waals surface area contributed by atoms with Crippen LogP contribution in [0.3, 0.4) is 0 Å². The summed E-state index contributed by atoms with van der Waals surface area (Å²) in [6.07, 6.45) is 4.99. The predicted octanol–water partition coefficient (Wildman–Crippen LogP) is 2.79. The predicted molar refractivity (Wildman–Crippen MR) is 83.7 cm³/mol. The molecular formula is C18H19NO4. The standard InChI is InChI=1S/C18H19NO4/c20-18(19-14-2-1-3-15-13(14)6-7-21-15)11-12-4-5-16-17(10-12)23-9-8-22-16/h4-7,10,14H,1-3,8-9,11H2,(H,19,20). The summed E-state index contributed by atoms with van der Waals surface area (Å²) in [6, 6.07) is 7.69. The van der Waals surface area contributed by atoms with Crippen molar-refractivity contribution in [2.45, 2.75) is 31.7 Å². The third-order valence-corrected chi connectivity index (χ3v) is 4.36. The Bertz CT molecular complexity index is 722. The van der Waals surface area contributed by atoms with E-state index in [9.17, 15) is 4.79 Å². The number of hydrogen-bond donors (Lipinski definition) is 1. The Kier molecular flexibility index (Phi) is 3.69. The lowest BCUT2D eigenvalue weighted by Gasteiger charge is -2.23. The van der Waals surface area contributed by atoms with Gasteiger partial charge >= 0.3 is 0 Å². The van der Waals surface area contributed by atoms with Gasteiger partial charge in [-0.1, -0.05) is 6.07 Å². The number of carbonyl (C=O) groups is 1. The van der Waals surface area contributed by atoms with Crippen LogP contribution in [0.25, 0.3) is 0 Å². The van der Waals surface area contributed by atoms with Crippen LogP contribution in [0.4, 0.5) is 0 Å². The number of rotatable bonds is 3. The largest absolute Gasteiger partial charge is 0.486 e. The van der Waals surface area contributed by atoms with E-state index in [0.717, 1.165) is 47.6 Å². The Hall–Kier alpha value is -2.43. The first-order chi connectivity index (χ1) is 11.3. The van der Waals surface area contributed by atoms with Crippen LogP contribution in [0.15, 0.2) is 34.9 Å². The molecule has 0 spiro atoms. The molecule has 23 heavy (non-hydrogen) atoms. The lowest BCUT2D eigenvalue weighted by molar-refractivity contribution is -0.121. The number of amides is 1. The molecule has 1 aromatic heterocycles. The number of fused-ring (bicyclic) bond motifs is 2. The lowest BCUT2D eigenvalue weighted by atomic mass is 9.93. The average Bonchev–Trinajstić information content (AvgIpc) is 3.04. The van der Waals surface area contributed by atoms with E-state index in [2.05, 4.69) is 5.32 Å². The zero-order chi connectivity index (χ0) is 15.6.